The van der Waals surface area contributed by atoms with Gasteiger partial charge in [0.05, 0.1) is 13.7 Å². The lowest BCUT2D eigenvalue weighted by Gasteiger charge is -2.32. The predicted octanol–water partition coefficient (Wildman–Crippen LogP) is 5.44. The molecule has 0 fully saturated rings. The first-order valence-corrected chi connectivity index (χ1v) is 13.6. The van der Waals surface area contributed by atoms with Gasteiger partial charge >= 0.3 is 0 Å². The summed E-state index contributed by atoms with van der Waals surface area (Å²) in [6, 6.07) is 20.3. The number of aliphatic hydroxyl groups is 1. The van der Waals surface area contributed by atoms with Crippen LogP contribution in [0.15, 0.2) is 60.7 Å². The molecule has 3 N–H and O–H groups in total. The molecule has 3 aromatic rings. The van der Waals surface area contributed by atoms with Crippen molar-refractivity contribution in [2.75, 3.05) is 38.3 Å². The molecule has 0 saturated heterocycles. The highest BCUT2D eigenvalue weighted by atomic mass is 16.5. The first-order valence-electron chi connectivity index (χ1n) is 13.6. The smallest absolute Gasteiger partial charge is 0.120 e. The van der Waals surface area contributed by atoms with E-state index in [-0.39, 0.29) is 12.1 Å². The monoisotopic (exact) mass is 518 g/mol. The van der Waals surface area contributed by atoms with Gasteiger partial charge in [-0.25, -0.2) is 0 Å². The number of nitrogens with one attached hydrogen (secondary N) is 1. The molecule has 0 radical (unpaired) electrons. The fourth-order valence-corrected chi connectivity index (χ4v) is 5.39. The van der Waals surface area contributed by atoms with E-state index in [1.165, 1.54) is 16.7 Å². The van der Waals surface area contributed by atoms with Crippen molar-refractivity contribution in [3.8, 4) is 17.2 Å². The van der Waals surface area contributed by atoms with E-state index in [2.05, 4.69) is 61.3 Å². The number of hydrogen-bond acceptors (Lipinski definition) is 6. The summed E-state index contributed by atoms with van der Waals surface area (Å²) in [6.45, 7) is 9.11. The van der Waals surface area contributed by atoms with Crippen LogP contribution in [0.3, 0.4) is 0 Å². The second kappa shape index (κ2) is 12.5. The van der Waals surface area contributed by atoms with Crippen LogP contribution >= 0.6 is 0 Å². The van der Waals surface area contributed by atoms with Gasteiger partial charge in [0.15, 0.2) is 0 Å². The van der Waals surface area contributed by atoms with Crippen LogP contribution in [-0.4, -0.2) is 49.2 Å². The van der Waals surface area contributed by atoms with Gasteiger partial charge in [-0.2, -0.15) is 0 Å². The first-order chi connectivity index (χ1) is 18.3. The lowest BCUT2D eigenvalue weighted by molar-refractivity contribution is 0.211. The van der Waals surface area contributed by atoms with Crippen LogP contribution in [0, 0.1) is 0 Å². The van der Waals surface area contributed by atoms with Crippen molar-refractivity contribution < 1.29 is 19.7 Å². The number of rotatable bonds is 12. The SMILES string of the molecule is CCNC(C)(C)COc1ccc(CN(CCO)c2cc(OC)ccc2[C@@H]2CCc3cc(O)ccc3C2)cc1. The molecule has 0 spiro atoms. The number of aliphatic hydroxyl groups excluding tert-OH is 1. The number of likely N-dealkylation sites (N-methyl/N-ethyl adjacent to an activating group) is 1. The Morgan fingerprint density at radius 2 is 1.76 bits per heavy atom. The minimum atomic E-state index is -0.0892. The van der Waals surface area contributed by atoms with Crippen LogP contribution in [0.25, 0.3) is 0 Å². The van der Waals surface area contributed by atoms with E-state index in [0.717, 1.165) is 48.6 Å². The molecular weight excluding hydrogens is 476 g/mol. The Labute approximate surface area is 227 Å². The highest BCUT2D eigenvalue weighted by Gasteiger charge is 2.25. The van der Waals surface area contributed by atoms with E-state index in [1.54, 1.807) is 13.2 Å². The second-order valence-corrected chi connectivity index (χ2v) is 10.8. The highest BCUT2D eigenvalue weighted by Crippen LogP contribution is 2.40. The van der Waals surface area contributed by atoms with Crippen LogP contribution in [0.1, 0.15) is 55.4 Å². The third kappa shape index (κ3) is 7.00. The van der Waals surface area contributed by atoms with Crippen molar-refractivity contribution >= 4 is 5.69 Å². The molecule has 1 atom stereocenters. The molecule has 3 aromatic carbocycles. The van der Waals surface area contributed by atoms with Crippen LogP contribution in [0.2, 0.25) is 0 Å². The van der Waals surface area contributed by atoms with Gasteiger partial charge < -0.3 is 29.9 Å². The number of aryl methyl sites for hydroxylation is 1. The topological polar surface area (TPSA) is 74.2 Å². The predicted molar refractivity (Wildman–Crippen MR) is 154 cm³/mol. The summed E-state index contributed by atoms with van der Waals surface area (Å²) in [6.07, 6.45) is 2.88. The number of hydrogen-bond donors (Lipinski definition) is 3. The lowest BCUT2D eigenvalue weighted by atomic mass is 9.79. The number of phenols is 1. The molecule has 0 aromatic heterocycles. The molecule has 6 heteroatoms. The average Bonchev–Trinajstić information content (AvgIpc) is 2.92. The lowest BCUT2D eigenvalue weighted by Crippen LogP contribution is -2.44. The minimum Gasteiger partial charge on any atom is -0.508 e. The van der Waals surface area contributed by atoms with Gasteiger partial charge in [0.25, 0.3) is 0 Å². The summed E-state index contributed by atoms with van der Waals surface area (Å²) in [4.78, 5) is 2.24. The van der Waals surface area contributed by atoms with Gasteiger partial charge in [-0.3, -0.25) is 0 Å². The molecule has 1 aliphatic carbocycles. The molecule has 0 heterocycles. The van der Waals surface area contributed by atoms with Crippen molar-refractivity contribution in [2.45, 2.75) is 58.0 Å². The summed E-state index contributed by atoms with van der Waals surface area (Å²) in [5, 5.41) is 23.3. The summed E-state index contributed by atoms with van der Waals surface area (Å²) in [7, 11) is 1.69. The number of ether oxygens (including phenoxy) is 2. The van der Waals surface area contributed by atoms with Crippen LogP contribution in [0.4, 0.5) is 5.69 Å². The van der Waals surface area contributed by atoms with Gasteiger partial charge in [-0.1, -0.05) is 31.2 Å². The quantitative estimate of drug-likeness (QED) is 0.297. The largest absolute Gasteiger partial charge is 0.508 e. The molecule has 0 unspecified atom stereocenters. The van der Waals surface area contributed by atoms with Crippen LogP contribution in [0.5, 0.6) is 17.2 Å². The zero-order chi connectivity index (χ0) is 27.1. The molecule has 38 heavy (non-hydrogen) atoms. The van der Waals surface area contributed by atoms with E-state index >= 15 is 0 Å². The Balaban J connectivity index is 1.55. The Morgan fingerprint density at radius 3 is 2.47 bits per heavy atom. The minimum absolute atomic E-state index is 0.0597. The first kappa shape index (κ1) is 27.8. The average molecular weight is 519 g/mol. The number of phenolic OH excluding ortho intramolecular Hbond substituents is 1. The normalized spacial score (nSPS) is 15.1. The molecule has 4 rings (SSSR count). The van der Waals surface area contributed by atoms with Gasteiger partial charge in [0.1, 0.15) is 23.9 Å². The van der Waals surface area contributed by atoms with E-state index < -0.39 is 0 Å². The van der Waals surface area contributed by atoms with Crippen molar-refractivity contribution in [2.24, 2.45) is 0 Å². The standard InChI is InChI=1S/C32H42N2O4/c1-5-33-32(2,3)22-38-28-12-6-23(7-13-28)21-34(16-17-35)31-20-29(37-4)14-15-30(31)26-9-8-25-19-27(36)11-10-24(25)18-26/h6-7,10-15,19-20,26,33,35-36H,5,8-9,16-18,21-22H2,1-4H3/t26-/m1/s1. The Morgan fingerprint density at radius 1 is 1.00 bits per heavy atom. The van der Waals surface area contributed by atoms with E-state index in [4.69, 9.17) is 9.47 Å². The van der Waals surface area contributed by atoms with Gasteiger partial charge in [-0.05, 0) is 98.2 Å². The maximum absolute atomic E-state index is 9.97. The molecule has 0 aliphatic heterocycles. The molecule has 204 valence electrons. The molecule has 1 aliphatic rings. The summed E-state index contributed by atoms with van der Waals surface area (Å²) < 4.78 is 11.6. The maximum atomic E-state index is 9.97. The van der Waals surface area contributed by atoms with Gasteiger partial charge in [-0.15, -0.1) is 0 Å². The molecule has 0 amide bonds. The zero-order valence-electron chi connectivity index (χ0n) is 23.2. The summed E-state index contributed by atoms with van der Waals surface area (Å²) in [5.41, 5.74) is 5.95. The number of anilines is 1. The van der Waals surface area contributed by atoms with Crippen LogP contribution in [-0.2, 0) is 19.4 Å². The summed E-state index contributed by atoms with van der Waals surface area (Å²) in [5.74, 6) is 2.34. The zero-order valence-corrected chi connectivity index (χ0v) is 23.2. The maximum Gasteiger partial charge on any atom is 0.120 e. The third-order valence-electron chi connectivity index (χ3n) is 7.36. The molecular formula is C32H42N2O4. The van der Waals surface area contributed by atoms with E-state index in [9.17, 15) is 10.2 Å². The van der Waals surface area contributed by atoms with Gasteiger partial charge in [0, 0.05) is 30.4 Å². The van der Waals surface area contributed by atoms with Crippen molar-refractivity contribution in [3.63, 3.8) is 0 Å². The third-order valence-corrected chi connectivity index (χ3v) is 7.36. The van der Waals surface area contributed by atoms with Crippen molar-refractivity contribution in [1.82, 2.24) is 5.32 Å². The Hall–Kier alpha value is -3.22. The molecule has 0 bridgehead atoms. The fraction of sp³-hybridized carbons (Fsp3) is 0.438. The Bertz CT molecular complexity index is 1190. The molecule has 6 nitrogen and oxygen atoms in total. The number of aromatic hydroxyl groups is 1. The Kier molecular flexibility index (Phi) is 9.18. The van der Waals surface area contributed by atoms with E-state index in [1.807, 2.05) is 24.3 Å². The number of nitrogens with zero attached hydrogens (tertiary/aromatic N) is 1. The highest BCUT2D eigenvalue weighted by molar-refractivity contribution is 5.60. The second-order valence-electron chi connectivity index (χ2n) is 10.8. The van der Waals surface area contributed by atoms with Crippen LogP contribution < -0.4 is 19.7 Å². The molecule has 0 saturated carbocycles. The van der Waals surface area contributed by atoms with E-state index in [0.29, 0.717) is 31.4 Å². The number of benzene rings is 3. The van der Waals surface area contributed by atoms with Gasteiger partial charge in [0.2, 0.25) is 0 Å². The van der Waals surface area contributed by atoms with Crippen molar-refractivity contribution in [1.29, 1.82) is 0 Å². The number of fused-ring (bicyclic) bond motifs is 1. The van der Waals surface area contributed by atoms with Crippen molar-refractivity contribution in [3.05, 3.63) is 82.9 Å². The fourth-order valence-electron chi connectivity index (χ4n) is 5.39. The number of methoxy groups -OCH3 is 1. The summed E-state index contributed by atoms with van der Waals surface area (Å²) >= 11 is 0.